The Hall–Kier alpha value is -3.39. The van der Waals surface area contributed by atoms with E-state index in [2.05, 4.69) is 26.5 Å². The normalized spacial score (nSPS) is 33.7. The van der Waals surface area contributed by atoms with Crippen LogP contribution in [0.15, 0.2) is 60.2 Å². The summed E-state index contributed by atoms with van der Waals surface area (Å²) in [6.45, 7) is 13.0. The van der Waals surface area contributed by atoms with Crippen molar-refractivity contribution >= 4 is 17.9 Å². The van der Waals surface area contributed by atoms with Gasteiger partial charge in [-0.2, -0.15) is 0 Å². The molecule has 3 aliphatic rings. The van der Waals surface area contributed by atoms with Crippen LogP contribution in [0.3, 0.4) is 0 Å². The van der Waals surface area contributed by atoms with Crippen LogP contribution in [0.25, 0.3) is 0 Å². The molecule has 1 saturated heterocycles. The van der Waals surface area contributed by atoms with Gasteiger partial charge in [0.2, 0.25) is 12.6 Å². The molecule has 1 saturated carbocycles. The Morgan fingerprint density at radius 2 is 1.77 bits per heavy atom. The minimum absolute atomic E-state index is 0.0507. The van der Waals surface area contributed by atoms with E-state index in [1.807, 2.05) is 19.1 Å². The molecular formula is C31H38O8. The van der Waals surface area contributed by atoms with E-state index in [1.54, 1.807) is 0 Å². The fourth-order valence-corrected chi connectivity index (χ4v) is 6.61. The molecule has 8 heteroatoms. The van der Waals surface area contributed by atoms with E-state index >= 15 is 0 Å². The number of benzene rings is 1. The lowest BCUT2D eigenvalue weighted by Crippen LogP contribution is -2.57. The molecule has 0 bridgehead atoms. The van der Waals surface area contributed by atoms with Crippen LogP contribution < -0.4 is 0 Å². The lowest BCUT2D eigenvalue weighted by molar-refractivity contribution is -0.235. The number of esters is 3. The zero-order chi connectivity index (χ0) is 28.5. The zero-order valence-electron chi connectivity index (χ0n) is 23.3. The minimum Gasteiger partial charge on any atom is -0.508 e. The van der Waals surface area contributed by atoms with Gasteiger partial charge in [-0.05, 0) is 80.2 Å². The molecule has 1 aromatic carbocycles. The van der Waals surface area contributed by atoms with E-state index in [9.17, 15) is 19.5 Å². The third-order valence-electron chi connectivity index (χ3n) is 8.92. The predicted octanol–water partition coefficient (Wildman–Crippen LogP) is 5.62. The van der Waals surface area contributed by atoms with Gasteiger partial charge in [0.1, 0.15) is 11.9 Å². The summed E-state index contributed by atoms with van der Waals surface area (Å²) < 4.78 is 23.5. The highest BCUT2D eigenvalue weighted by Gasteiger charge is 2.67. The van der Waals surface area contributed by atoms with Gasteiger partial charge in [0, 0.05) is 19.4 Å². The van der Waals surface area contributed by atoms with Crippen LogP contribution >= 0.6 is 0 Å². The van der Waals surface area contributed by atoms with Gasteiger partial charge in [-0.1, -0.05) is 38.2 Å². The van der Waals surface area contributed by atoms with Crippen molar-refractivity contribution in [2.24, 2.45) is 22.7 Å². The molecule has 1 N–H and O–H groups in total. The predicted molar refractivity (Wildman–Crippen MR) is 143 cm³/mol. The van der Waals surface area contributed by atoms with E-state index in [0.717, 1.165) is 18.4 Å². The molecule has 2 fully saturated rings. The van der Waals surface area contributed by atoms with Crippen molar-refractivity contribution in [3.8, 4) is 5.75 Å². The standard InChI is InChI=1S/C31H38O8/c1-7-18(2)12-14-30(6)19(3)13-15-31-25(28(36-20(4)32)39-29(31)37-21(5)33)16-24(17-26(30)31)38-27(35)22-8-10-23(34)11-9-22/h7-12,16,19,24,26,28-29,34H,1,13-15,17H2,2-6H3/b18-12+. The molecule has 1 aliphatic heterocycles. The maximum absolute atomic E-state index is 13.1. The highest BCUT2D eigenvalue weighted by atomic mass is 16.8. The number of ether oxygens (including phenoxy) is 4. The number of phenols is 1. The molecule has 2 aliphatic carbocycles. The van der Waals surface area contributed by atoms with Crippen molar-refractivity contribution in [2.75, 3.05) is 0 Å². The average Bonchev–Trinajstić information content (AvgIpc) is 3.15. The second-order valence-electron chi connectivity index (χ2n) is 11.3. The topological polar surface area (TPSA) is 108 Å². The quantitative estimate of drug-likeness (QED) is 0.206. The largest absolute Gasteiger partial charge is 0.508 e. The van der Waals surface area contributed by atoms with Gasteiger partial charge < -0.3 is 19.3 Å². The molecule has 1 aromatic rings. The molecule has 7 unspecified atom stereocenters. The fraction of sp³-hybridized carbons (Fsp3) is 0.516. The molecule has 8 nitrogen and oxygen atoms in total. The second-order valence-corrected chi connectivity index (χ2v) is 11.3. The van der Waals surface area contributed by atoms with Crippen molar-refractivity contribution in [1.29, 1.82) is 0 Å². The first kappa shape index (κ1) is 28.6. The molecule has 39 heavy (non-hydrogen) atoms. The number of rotatable bonds is 7. The molecule has 4 rings (SSSR count). The molecule has 0 amide bonds. The molecule has 7 atom stereocenters. The van der Waals surface area contributed by atoms with Gasteiger partial charge in [0.25, 0.3) is 0 Å². The van der Waals surface area contributed by atoms with E-state index < -0.39 is 42.0 Å². The van der Waals surface area contributed by atoms with Gasteiger partial charge in [0.15, 0.2) is 0 Å². The van der Waals surface area contributed by atoms with Crippen LogP contribution in [0.5, 0.6) is 5.75 Å². The van der Waals surface area contributed by atoms with Crippen molar-refractivity contribution < 1.29 is 38.4 Å². The van der Waals surface area contributed by atoms with Crippen LogP contribution in [-0.4, -0.2) is 41.7 Å². The Balaban J connectivity index is 1.81. The lowest BCUT2D eigenvalue weighted by atomic mass is 9.46. The summed E-state index contributed by atoms with van der Waals surface area (Å²) in [6, 6.07) is 5.87. The lowest BCUT2D eigenvalue weighted by Gasteiger charge is -2.58. The second kappa shape index (κ2) is 11.0. The summed E-state index contributed by atoms with van der Waals surface area (Å²) in [6.07, 6.45) is 5.87. The van der Waals surface area contributed by atoms with Gasteiger partial charge in [-0.3, -0.25) is 14.3 Å². The Bertz CT molecular complexity index is 1200. The Morgan fingerprint density at radius 1 is 1.10 bits per heavy atom. The first-order chi connectivity index (χ1) is 18.4. The Labute approximate surface area is 229 Å². The molecule has 0 aromatic heterocycles. The number of phenolic OH excluding ortho intramolecular Hbond substituents is 1. The van der Waals surface area contributed by atoms with E-state index in [-0.39, 0.29) is 17.1 Å². The first-order valence-corrected chi connectivity index (χ1v) is 13.4. The van der Waals surface area contributed by atoms with E-state index in [0.29, 0.717) is 29.9 Å². The number of allylic oxidation sites excluding steroid dienone is 3. The van der Waals surface area contributed by atoms with Gasteiger partial charge in [-0.25, -0.2) is 4.79 Å². The van der Waals surface area contributed by atoms with Crippen LogP contribution in [0, 0.1) is 22.7 Å². The monoisotopic (exact) mass is 538 g/mol. The van der Waals surface area contributed by atoms with Crippen LogP contribution in [0.1, 0.15) is 70.7 Å². The third-order valence-corrected chi connectivity index (χ3v) is 8.92. The van der Waals surface area contributed by atoms with Crippen molar-refractivity contribution in [2.45, 2.75) is 79.0 Å². The van der Waals surface area contributed by atoms with Crippen molar-refractivity contribution in [3.63, 3.8) is 0 Å². The Morgan fingerprint density at radius 3 is 2.38 bits per heavy atom. The number of carbonyl (C=O) groups is 3. The van der Waals surface area contributed by atoms with Gasteiger partial charge in [-0.15, -0.1) is 0 Å². The van der Waals surface area contributed by atoms with E-state index in [1.165, 1.54) is 38.1 Å². The molecule has 1 heterocycles. The number of aromatic hydroxyl groups is 1. The third kappa shape index (κ3) is 5.39. The average molecular weight is 539 g/mol. The van der Waals surface area contributed by atoms with E-state index in [4.69, 9.17) is 18.9 Å². The fourth-order valence-electron chi connectivity index (χ4n) is 6.61. The summed E-state index contributed by atoms with van der Waals surface area (Å²) in [5.41, 5.74) is 1.00. The summed E-state index contributed by atoms with van der Waals surface area (Å²) in [5, 5.41) is 9.61. The molecule has 0 radical (unpaired) electrons. The van der Waals surface area contributed by atoms with Gasteiger partial charge >= 0.3 is 17.9 Å². The van der Waals surface area contributed by atoms with Crippen molar-refractivity contribution in [3.05, 3.63) is 65.8 Å². The highest BCUT2D eigenvalue weighted by molar-refractivity contribution is 5.89. The summed E-state index contributed by atoms with van der Waals surface area (Å²) in [7, 11) is 0. The number of carbonyl (C=O) groups excluding carboxylic acids is 3. The summed E-state index contributed by atoms with van der Waals surface area (Å²) in [5.74, 6) is -1.34. The number of hydrogen-bond donors (Lipinski definition) is 1. The van der Waals surface area contributed by atoms with Crippen LogP contribution in [0.4, 0.5) is 0 Å². The Kier molecular flexibility index (Phi) is 8.07. The van der Waals surface area contributed by atoms with Crippen LogP contribution in [-0.2, 0) is 28.5 Å². The smallest absolute Gasteiger partial charge is 0.338 e. The van der Waals surface area contributed by atoms with Crippen molar-refractivity contribution in [1.82, 2.24) is 0 Å². The summed E-state index contributed by atoms with van der Waals surface area (Å²) >= 11 is 0. The molecular weight excluding hydrogens is 500 g/mol. The maximum Gasteiger partial charge on any atom is 0.338 e. The minimum atomic E-state index is -1.06. The molecule has 210 valence electrons. The highest BCUT2D eigenvalue weighted by Crippen LogP contribution is 2.67. The summed E-state index contributed by atoms with van der Waals surface area (Å²) in [4.78, 5) is 37.4. The number of hydrogen-bond acceptors (Lipinski definition) is 8. The zero-order valence-corrected chi connectivity index (χ0v) is 23.3. The maximum atomic E-state index is 13.1. The van der Waals surface area contributed by atoms with Gasteiger partial charge in [0.05, 0.1) is 11.0 Å². The van der Waals surface area contributed by atoms with Crippen LogP contribution in [0.2, 0.25) is 0 Å². The molecule has 1 spiro atoms. The SMILES string of the molecule is C=C/C(C)=C/CC1(C)C(C)CCC23C(=CC(OC(=O)c4ccc(O)cc4)CC12)C(OC(C)=O)OC3OC(C)=O. The first-order valence-electron chi connectivity index (χ1n) is 13.4.